The topological polar surface area (TPSA) is 29.9 Å². The number of aryl methyl sites for hydroxylation is 1. The summed E-state index contributed by atoms with van der Waals surface area (Å²) >= 11 is 0. The Kier molecular flexibility index (Phi) is 3.88. The first kappa shape index (κ1) is 13.4. The van der Waals surface area contributed by atoms with Gasteiger partial charge in [-0.3, -0.25) is 4.68 Å². The van der Waals surface area contributed by atoms with Crippen LogP contribution in [0.1, 0.15) is 42.5 Å². The quantitative estimate of drug-likeness (QED) is 0.873. The molecule has 3 heteroatoms. The Morgan fingerprint density at radius 3 is 2.60 bits per heavy atom. The van der Waals surface area contributed by atoms with Gasteiger partial charge in [0.1, 0.15) is 0 Å². The Labute approximate surface area is 121 Å². The third-order valence-electron chi connectivity index (χ3n) is 4.10. The van der Waals surface area contributed by atoms with E-state index in [9.17, 15) is 0 Å². The molecular formula is C17H23N3. The largest absolute Gasteiger partial charge is 0.313 e. The average molecular weight is 269 g/mol. The third kappa shape index (κ3) is 3.28. The number of hydrogen-bond acceptors (Lipinski definition) is 2. The molecular weight excluding hydrogens is 246 g/mol. The van der Waals surface area contributed by atoms with Crippen molar-refractivity contribution in [1.82, 2.24) is 15.1 Å². The van der Waals surface area contributed by atoms with Gasteiger partial charge in [0.2, 0.25) is 0 Å². The molecule has 1 unspecified atom stereocenters. The maximum Gasteiger partial charge on any atom is 0.0662 e. The van der Waals surface area contributed by atoms with E-state index < -0.39 is 0 Å². The first-order chi connectivity index (χ1) is 9.72. The monoisotopic (exact) mass is 269 g/mol. The molecule has 1 aliphatic rings. The molecule has 1 heterocycles. The molecule has 0 bridgehead atoms. The summed E-state index contributed by atoms with van der Waals surface area (Å²) in [5, 5.41) is 7.93. The van der Waals surface area contributed by atoms with Crippen molar-refractivity contribution in [3.8, 4) is 0 Å². The number of rotatable bonds is 6. The van der Waals surface area contributed by atoms with Crippen molar-refractivity contribution in [2.24, 2.45) is 0 Å². The molecule has 3 rings (SSSR count). The summed E-state index contributed by atoms with van der Waals surface area (Å²) in [4.78, 5) is 0. The molecule has 1 aromatic carbocycles. The molecule has 1 saturated carbocycles. The van der Waals surface area contributed by atoms with Gasteiger partial charge in [-0.2, -0.15) is 5.10 Å². The van der Waals surface area contributed by atoms with Crippen molar-refractivity contribution in [2.45, 2.75) is 45.2 Å². The predicted octanol–water partition coefficient (Wildman–Crippen LogP) is 3.10. The van der Waals surface area contributed by atoms with Crippen LogP contribution in [0.25, 0.3) is 0 Å². The van der Waals surface area contributed by atoms with Gasteiger partial charge in [0.25, 0.3) is 0 Å². The van der Waals surface area contributed by atoms with Crippen molar-refractivity contribution in [1.29, 1.82) is 0 Å². The van der Waals surface area contributed by atoms with Crippen LogP contribution in [0.15, 0.2) is 36.5 Å². The van der Waals surface area contributed by atoms with Crippen molar-refractivity contribution in [2.75, 3.05) is 6.54 Å². The standard InChI is InChI=1S/C17H23N3/c1-13(11-18-17-7-8-17)16-5-3-15(4-6-16)12-20-14(2)9-10-19-20/h3-6,9-10,13,17-18H,7-8,11-12H2,1-2H3. The van der Waals surface area contributed by atoms with Crippen LogP contribution < -0.4 is 5.32 Å². The Morgan fingerprint density at radius 2 is 2.00 bits per heavy atom. The van der Waals surface area contributed by atoms with E-state index >= 15 is 0 Å². The molecule has 1 aliphatic carbocycles. The maximum atomic E-state index is 4.33. The fourth-order valence-corrected chi connectivity index (χ4v) is 2.44. The summed E-state index contributed by atoms with van der Waals surface area (Å²) in [5.74, 6) is 0.580. The first-order valence-electron chi connectivity index (χ1n) is 7.53. The minimum absolute atomic E-state index is 0.580. The van der Waals surface area contributed by atoms with Gasteiger partial charge >= 0.3 is 0 Å². The highest BCUT2D eigenvalue weighted by Crippen LogP contribution is 2.21. The molecule has 0 saturated heterocycles. The second-order valence-corrected chi connectivity index (χ2v) is 5.96. The van der Waals surface area contributed by atoms with E-state index in [1.807, 2.05) is 16.9 Å². The van der Waals surface area contributed by atoms with Gasteiger partial charge in [0.15, 0.2) is 0 Å². The van der Waals surface area contributed by atoms with E-state index in [0.29, 0.717) is 5.92 Å². The number of hydrogen-bond donors (Lipinski definition) is 1. The first-order valence-corrected chi connectivity index (χ1v) is 7.53. The number of aromatic nitrogens is 2. The summed E-state index contributed by atoms with van der Waals surface area (Å²) in [6, 6.07) is 11.8. The summed E-state index contributed by atoms with van der Waals surface area (Å²) in [6.07, 6.45) is 4.57. The molecule has 20 heavy (non-hydrogen) atoms. The molecule has 0 amide bonds. The van der Waals surface area contributed by atoms with E-state index in [1.54, 1.807) is 0 Å². The molecule has 1 atom stereocenters. The van der Waals surface area contributed by atoms with Crippen LogP contribution in [0, 0.1) is 6.92 Å². The lowest BCUT2D eigenvalue weighted by Gasteiger charge is -2.13. The Balaban J connectivity index is 1.60. The highest BCUT2D eigenvalue weighted by Gasteiger charge is 2.21. The van der Waals surface area contributed by atoms with Gasteiger partial charge in [-0.15, -0.1) is 0 Å². The molecule has 1 fully saturated rings. The number of nitrogens with zero attached hydrogens (tertiary/aromatic N) is 2. The van der Waals surface area contributed by atoms with E-state index in [1.165, 1.54) is 29.7 Å². The second kappa shape index (κ2) is 5.80. The van der Waals surface area contributed by atoms with Crippen molar-refractivity contribution in [3.05, 3.63) is 53.3 Å². The van der Waals surface area contributed by atoms with Crippen LogP contribution in [-0.4, -0.2) is 22.4 Å². The van der Waals surface area contributed by atoms with Crippen LogP contribution in [0.5, 0.6) is 0 Å². The minimum Gasteiger partial charge on any atom is -0.313 e. The fraction of sp³-hybridized carbons (Fsp3) is 0.471. The van der Waals surface area contributed by atoms with Crippen molar-refractivity contribution >= 4 is 0 Å². The normalized spacial score (nSPS) is 16.3. The molecule has 1 N–H and O–H groups in total. The van der Waals surface area contributed by atoms with Gasteiger partial charge in [-0.25, -0.2) is 0 Å². The Bertz CT molecular complexity index is 552. The predicted molar refractivity (Wildman–Crippen MR) is 81.9 cm³/mol. The van der Waals surface area contributed by atoms with Crippen LogP contribution in [0.4, 0.5) is 0 Å². The molecule has 0 aliphatic heterocycles. The molecule has 1 aromatic heterocycles. The zero-order valence-corrected chi connectivity index (χ0v) is 12.3. The van der Waals surface area contributed by atoms with Crippen LogP contribution in [0.3, 0.4) is 0 Å². The lowest BCUT2D eigenvalue weighted by molar-refractivity contribution is 0.611. The van der Waals surface area contributed by atoms with Crippen LogP contribution in [0.2, 0.25) is 0 Å². The molecule has 3 nitrogen and oxygen atoms in total. The van der Waals surface area contributed by atoms with Crippen LogP contribution >= 0.6 is 0 Å². The summed E-state index contributed by atoms with van der Waals surface area (Å²) in [5.41, 5.74) is 3.93. The molecule has 0 radical (unpaired) electrons. The number of benzene rings is 1. The number of nitrogens with one attached hydrogen (secondary N) is 1. The fourth-order valence-electron chi connectivity index (χ4n) is 2.44. The van der Waals surface area contributed by atoms with Gasteiger partial charge in [0.05, 0.1) is 6.54 Å². The minimum atomic E-state index is 0.580. The molecule has 2 aromatic rings. The third-order valence-corrected chi connectivity index (χ3v) is 4.10. The lowest BCUT2D eigenvalue weighted by atomic mass is 10.00. The highest BCUT2D eigenvalue weighted by molar-refractivity contribution is 5.25. The van der Waals surface area contributed by atoms with Gasteiger partial charge in [-0.1, -0.05) is 31.2 Å². The van der Waals surface area contributed by atoms with E-state index in [4.69, 9.17) is 0 Å². The Morgan fingerprint density at radius 1 is 1.25 bits per heavy atom. The maximum absolute atomic E-state index is 4.33. The summed E-state index contributed by atoms with van der Waals surface area (Å²) in [6.45, 7) is 6.32. The summed E-state index contributed by atoms with van der Waals surface area (Å²) < 4.78 is 2.03. The molecule has 0 spiro atoms. The van der Waals surface area contributed by atoms with Crippen molar-refractivity contribution in [3.63, 3.8) is 0 Å². The zero-order chi connectivity index (χ0) is 13.9. The van der Waals surface area contributed by atoms with Crippen molar-refractivity contribution < 1.29 is 0 Å². The van der Waals surface area contributed by atoms with Gasteiger partial charge in [-0.05, 0) is 42.9 Å². The van der Waals surface area contributed by atoms with E-state index in [0.717, 1.165) is 19.1 Å². The van der Waals surface area contributed by atoms with E-state index in [-0.39, 0.29) is 0 Å². The smallest absolute Gasteiger partial charge is 0.0662 e. The molecule has 106 valence electrons. The second-order valence-electron chi connectivity index (χ2n) is 5.96. The van der Waals surface area contributed by atoms with Crippen LogP contribution in [-0.2, 0) is 6.54 Å². The van der Waals surface area contributed by atoms with Gasteiger partial charge in [0, 0.05) is 24.5 Å². The SMILES string of the molecule is Cc1ccnn1Cc1ccc(C(C)CNC2CC2)cc1. The summed E-state index contributed by atoms with van der Waals surface area (Å²) in [7, 11) is 0. The zero-order valence-electron chi connectivity index (χ0n) is 12.3. The lowest BCUT2D eigenvalue weighted by Crippen LogP contribution is -2.22. The Hall–Kier alpha value is -1.61. The highest BCUT2D eigenvalue weighted by atomic mass is 15.3. The van der Waals surface area contributed by atoms with E-state index in [2.05, 4.69) is 48.5 Å². The average Bonchev–Trinajstić information content (AvgIpc) is 3.21. The van der Waals surface area contributed by atoms with Gasteiger partial charge < -0.3 is 5.32 Å².